The van der Waals surface area contributed by atoms with Gasteiger partial charge in [0.15, 0.2) is 5.65 Å². The van der Waals surface area contributed by atoms with Gasteiger partial charge >= 0.3 is 0 Å². The third-order valence-corrected chi connectivity index (χ3v) is 7.59. The summed E-state index contributed by atoms with van der Waals surface area (Å²) < 4.78 is 27.8. The van der Waals surface area contributed by atoms with Crippen LogP contribution in [0.4, 0.5) is 0 Å². The van der Waals surface area contributed by atoms with Crippen molar-refractivity contribution in [3.8, 4) is 0 Å². The molecule has 0 N–H and O–H groups in total. The van der Waals surface area contributed by atoms with E-state index >= 15 is 0 Å². The second-order valence-corrected chi connectivity index (χ2v) is 9.82. The van der Waals surface area contributed by atoms with Crippen LogP contribution >= 0.6 is 0 Å². The largest absolute Gasteiger partial charge is 0.336 e. The number of rotatable bonds is 3. The number of aromatic nitrogens is 3. The van der Waals surface area contributed by atoms with E-state index in [1.165, 1.54) is 10.7 Å². The number of carbonyl (C=O) groups is 1. The number of carbonyl (C=O) groups excluding carboxylic acids is 1. The molecule has 0 aromatic carbocycles. The molecule has 0 unspecified atom stereocenters. The van der Waals surface area contributed by atoms with Gasteiger partial charge in [0.2, 0.25) is 10.0 Å². The van der Waals surface area contributed by atoms with E-state index in [-0.39, 0.29) is 11.7 Å². The lowest BCUT2D eigenvalue weighted by molar-refractivity contribution is 0.0699. The van der Waals surface area contributed by atoms with Crippen LogP contribution in [0.5, 0.6) is 0 Å². The molecule has 0 bridgehead atoms. The van der Waals surface area contributed by atoms with Crippen molar-refractivity contribution in [2.24, 2.45) is 0 Å². The van der Waals surface area contributed by atoms with Crippen LogP contribution in [0.3, 0.4) is 0 Å². The van der Waals surface area contributed by atoms with Gasteiger partial charge in [0.25, 0.3) is 5.91 Å². The molecule has 0 saturated carbocycles. The molecule has 8 nitrogen and oxygen atoms in total. The van der Waals surface area contributed by atoms with Gasteiger partial charge in [0, 0.05) is 44.8 Å². The Morgan fingerprint density at radius 3 is 2.54 bits per heavy atom. The van der Waals surface area contributed by atoms with Crippen LogP contribution in [-0.2, 0) is 23.0 Å². The molecule has 1 amide bonds. The van der Waals surface area contributed by atoms with E-state index in [1.54, 1.807) is 11.8 Å². The van der Waals surface area contributed by atoms with E-state index in [4.69, 9.17) is 4.98 Å². The molecule has 0 spiro atoms. The summed E-state index contributed by atoms with van der Waals surface area (Å²) in [7, 11) is -3.21. The predicted octanol–water partition coefficient (Wildman–Crippen LogP) is 1.57. The van der Waals surface area contributed by atoms with Crippen molar-refractivity contribution >= 4 is 27.1 Å². The Kier molecular flexibility index (Phi) is 5.13. The summed E-state index contributed by atoms with van der Waals surface area (Å²) >= 11 is 0. The monoisotopic (exact) mass is 405 g/mol. The third kappa shape index (κ3) is 3.41. The fourth-order valence-electron chi connectivity index (χ4n) is 4.10. The Bertz CT molecular complexity index is 1010. The van der Waals surface area contributed by atoms with Crippen molar-refractivity contribution in [2.45, 2.75) is 46.1 Å². The zero-order chi connectivity index (χ0) is 19.9. The van der Waals surface area contributed by atoms with E-state index in [2.05, 4.69) is 9.55 Å². The van der Waals surface area contributed by atoms with E-state index in [0.29, 0.717) is 37.3 Å². The molecule has 1 saturated heterocycles. The Morgan fingerprint density at radius 1 is 1.07 bits per heavy atom. The SMILES string of the molecule is CCS(=O)(=O)N1CCN(C(=O)c2cc(C)nc3c2nc2n3CCCCC2)CC1. The average Bonchev–Trinajstić information content (AvgIpc) is 2.88. The van der Waals surface area contributed by atoms with Gasteiger partial charge in [-0.15, -0.1) is 0 Å². The Morgan fingerprint density at radius 2 is 1.82 bits per heavy atom. The molecule has 4 rings (SSSR count). The number of sulfonamides is 1. The van der Waals surface area contributed by atoms with Gasteiger partial charge < -0.3 is 9.47 Å². The zero-order valence-electron chi connectivity index (χ0n) is 16.5. The molecule has 0 atom stereocenters. The summed E-state index contributed by atoms with van der Waals surface area (Å²) in [4.78, 5) is 24.5. The maximum absolute atomic E-state index is 13.3. The molecule has 9 heteroatoms. The van der Waals surface area contributed by atoms with Gasteiger partial charge in [-0.2, -0.15) is 4.31 Å². The first kappa shape index (κ1) is 19.3. The second-order valence-electron chi connectivity index (χ2n) is 7.57. The van der Waals surface area contributed by atoms with Crippen molar-refractivity contribution < 1.29 is 13.2 Å². The number of nitrogens with zero attached hydrogens (tertiary/aromatic N) is 5. The summed E-state index contributed by atoms with van der Waals surface area (Å²) in [5, 5.41) is 0. The van der Waals surface area contributed by atoms with E-state index < -0.39 is 10.0 Å². The number of fused-ring (bicyclic) bond motifs is 3. The van der Waals surface area contributed by atoms with Gasteiger partial charge in [0.05, 0.1) is 11.3 Å². The van der Waals surface area contributed by atoms with Crippen LogP contribution < -0.4 is 0 Å². The van der Waals surface area contributed by atoms with E-state index in [1.807, 2.05) is 13.0 Å². The van der Waals surface area contributed by atoms with Crippen molar-refractivity contribution in [1.82, 2.24) is 23.7 Å². The normalized spacial score (nSPS) is 18.9. The quantitative estimate of drug-likeness (QED) is 0.773. The van der Waals surface area contributed by atoms with Crippen molar-refractivity contribution in [3.63, 3.8) is 0 Å². The van der Waals surface area contributed by atoms with Crippen LogP contribution in [0.25, 0.3) is 11.2 Å². The smallest absolute Gasteiger partial charge is 0.256 e. The van der Waals surface area contributed by atoms with E-state index in [9.17, 15) is 13.2 Å². The summed E-state index contributed by atoms with van der Waals surface area (Å²) in [6.07, 6.45) is 4.31. The standard InChI is InChI=1S/C19H27N5O3S/c1-3-28(26,27)23-11-9-22(10-12-23)19(25)15-13-14(2)20-18-17(15)21-16-7-5-4-6-8-24(16)18/h13H,3-12H2,1-2H3. The highest BCUT2D eigenvalue weighted by molar-refractivity contribution is 7.89. The maximum atomic E-state index is 13.3. The summed E-state index contributed by atoms with van der Waals surface area (Å²) in [5.41, 5.74) is 2.86. The first-order chi connectivity index (χ1) is 13.4. The molecular formula is C19H27N5O3S. The lowest BCUT2D eigenvalue weighted by Crippen LogP contribution is -2.50. The van der Waals surface area contributed by atoms with E-state index in [0.717, 1.165) is 43.0 Å². The second kappa shape index (κ2) is 7.44. The van der Waals surface area contributed by atoms with Crippen LogP contribution in [0.15, 0.2) is 6.07 Å². The average molecular weight is 406 g/mol. The molecule has 2 aromatic heterocycles. The molecule has 2 aliphatic rings. The zero-order valence-corrected chi connectivity index (χ0v) is 17.3. The fourth-order valence-corrected chi connectivity index (χ4v) is 5.19. The fraction of sp³-hybridized carbons (Fsp3) is 0.632. The molecule has 2 aromatic rings. The van der Waals surface area contributed by atoms with Gasteiger partial charge in [-0.25, -0.2) is 18.4 Å². The highest BCUT2D eigenvalue weighted by Crippen LogP contribution is 2.25. The highest BCUT2D eigenvalue weighted by Gasteiger charge is 2.30. The summed E-state index contributed by atoms with van der Waals surface area (Å²) in [6.45, 7) is 5.92. The molecule has 0 radical (unpaired) electrons. The Hall–Kier alpha value is -2.00. The van der Waals surface area contributed by atoms with Crippen molar-refractivity contribution in [3.05, 3.63) is 23.1 Å². The number of pyridine rings is 1. The van der Waals surface area contributed by atoms with Crippen LogP contribution in [0.2, 0.25) is 0 Å². The molecule has 4 heterocycles. The van der Waals surface area contributed by atoms with Crippen LogP contribution in [-0.4, -0.2) is 70.0 Å². The first-order valence-electron chi connectivity index (χ1n) is 10.0. The lowest BCUT2D eigenvalue weighted by atomic mass is 10.1. The summed E-state index contributed by atoms with van der Waals surface area (Å²) in [6, 6.07) is 1.81. The first-order valence-corrected chi connectivity index (χ1v) is 11.7. The minimum Gasteiger partial charge on any atom is -0.336 e. The van der Waals surface area contributed by atoms with Crippen LogP contribution in [0.1, 0.15) is 48.1 Å². The number of hydrogen-bond donors (Lipinski definition) is 0. The third-order valence-electron chi connectivity index (χ3n) is 5.71. The van der Waals surface area contributed by atoms with Crippen molar-refractivity contribution in [1.29, 1.82) is 0 Å². The minimum absolute atomic E-state index is 0.0858. The number of aryl methyl sites for hydroxylation is 3. The van der Waals surface area contributed by atoms with Gasteiger partial charge in [-0.05, 0) is 32.8 Å². The Labute approximate surface area is 165 Å². The van der Waals surface area contributed by atoms with Crippen LogP contribution in [0, 0.1) is 6.92 Å². The number of hydrogen-bond acceptors (Lipinski definition) is 5. The van der Waals surface area contributed by atoms with Crippen molar-refractivity contribution in [2.75, 3.05) is 31.9 Å². The molecule has 28 heavy (non-hydrogen) atoms. The minimum atomic E-state index is -3.21. The molecule has 0 aliphatic carbocycles. The molecule has 1 fully saturated rings. The van der Waals surface area contributed by atoms with Gasteiger partial charge in [-0.3, -0.25) is 4.79 Å². The van der Waals surface area contributed by atoms with Gasteiger partial charge in [0.1, 0.15) is 11.3 Å². The van der Waals surface area contributed by atoms with Gasteiger partial charge in [-0.1, -0.05) is 6.42 Å². The molecule has 2 aliphatic heterocycles. The maximum Gasteiger partial charge on any atom is 0.256 e. The number of amides is 1. The number of imidazole rings is 1. The topological polar surface area (TPSA) is 88.4 Å². The molecular weight excluding hydrogens is 378 g/mol. The Balaban J connectivity index is 1.63. The summed E-state index contributed by atoms with van der Waals surface area (Å²) in [5.74, 6) is 1.02. The highest BCUT2D eigenvalue weighted by atomic mass is 32.2. The lowest BCUT2D eigenvalue weighted by Gasteiger charge is -2.33. The predicted molar refractivity (Wildman–Crippen MR) is 107 cm³/mol. The number of piperazine rings is 1. The molecule has 152 valence electrons.